The third-order valence-electron chi connectivity index (χ3n) is 3.81. The van der Waals surface area contributed by atoms with Crippen LogP contribution in [-0.2, 0) is 0 Å². The molecule has 1 rings (SSSR count). The van der Waals surface area contributed by atoms with Gasteiger partial charge in [0.2, 0.25) is 0 Å². The summed E-state index contributed by atoms with van der Waals surface area (Å²) in [7, 11) is 1.73. The molecule has 102 valence electrons. The molecule has 2 nitrogen and oxygen atoms in total. The van der Waals surface area contributed by atoms with Crippen molar-refractivity contribution in [3.05, 3.63) is 29.8 Å². The second-order valence-electron chi connectivity index (χ2n) is 6.14. The van der Waals surface area contributed by atoms with Gasteiger partial charge in [0.15, 0.2) is 0 Å². The first-order valence-corrected chi connectivity index (χ1v) is 6.72. The molecule has 0 aliphatic carbocycles. The molecule has 0 heterocycles. The standard InChI is InChI=1S/C16H27NO/c1-12(16(3,4)5)11-17-13(2)14-9-7-8-10-15(14)18-6/h7-10,12-13,17H,11H2,1-6H3. The Kier molecular flexibility index (Phi) is 5.21. The maximum Gasteiger partial charge on any atom is 0.123 e. The van der Waals surface area contributed by atoms with Gasteiger partial charge in [0.05, 0.1) is 7.11 Å². The molecule has 1 aromatic carbocycles. The first-order chi connectivity index (χ1) is 8.36. The first kappa shape index (κ1) is 15.0. The summed E-state index contributed by atoms with van der Waals surface area (Å²) in [5.74, 6) is 1.59. The number of hydrogen-bond donors (Lipinski definition) is 1. The lowest BCUT2D eigenvalue weighted by Gasteiger charge is -2.29. The largest absolute Gasteiger partial charge is 0.496 e. The van der Waals surface area contributed by atoms with Crippen LogP contribution in [0.25, 0.3) is 0 Å². The lowest BCUT2D eigenvalue weighted by molar-refractivity contribution is 0.246. The molecular weight excluding hydrogens is 222 g/mol. The van der Waals surface area contributed by atoms with Crippen LogP contribution >= 0.6 is 0 Å². The molecule has 0 radical (unpaired) electrons. The normalized spacial score (nSPS) is 15.2. The van der Waals surface area contributed by atoms with E-state index in [0.29, 0.717) is 17.4 Å². The third-order valence-corrected chi connectivity index (χ3v) is 3.81. The fourth-order valence-corrected chi connectivity index (χ4v) is 1.79. The van der Waals surface area contributed by atoms with E-state index in [2.05, 4.69) is 52.1 Å². The maximum atomic E-state index is 5.40. The van der Waals surface area contributed by atoms with Crippen molar-refractivity contribution < 1.29 is 4.74 Å². The van der Waals surface area contributed by atoms with Crippen LogP contribution in [0.5, 0.6) is 5.75 Å². The smallest absolute Gasteiger partial charge is 0.123 e. The van der Waals surface area contributed by atoms with E-state index in [-0.39, 0.29) is 0 Å². The average Bonchev–Trinajstić information content (AvgIpc) is 2.34. The van der Waals surface area contributed by atoms with Crippen LogP contribution in [0.3, 0.4) is 0 Å². The van der Waals surface area contributed by atoms with Gasteiger partial charge >= 0.3 is 0 Å². The molecule has 0 fully saturated rings. The topological polar surface area (TPSA) is 21.3 Å². The molecule has 0 amide bonds. The molecule has 2 heteroatoms. The summed E-state index contributed by atoms with van der Waals surface area (Å²) >= 11 is 0. The second-order valence-corrected chi connectivity index (χ2v) is 6.14. The molecule has 0 aliphatic heterocycles. The van der Waals surface area contributed by atoms with E-state index < -0.39 is 0 Å². The lowest BCUT2D eigenvalue weighted by Crippen LogP contribution is -2.31. The zero-order chi connectivity index (χ0) is 13.8. The number of benzene rings is 1. The van der Waals surface area contributed by atoms with E-state index in [4.69, 9.17) is 4.74 Å². The summed E-state index contributed by atoms with van der Waals surface area (Å²) in [6.07, 6.45) is 0. The van der Waals surface area contributed by atoms with Crippen LogP contribution in [0.15, 0.2) is 24.3 Å². The van der Waals surface area contributed by atoms with E-state index in [1.54, 1.807) is 7.11 Å². The summed E-state index contributed by atoms with van der Waals surface area (Å²) in [5, 5.41) is 3.60. The number of nitrogens with one attached hydrogen (secondary N) is 1. The highest BCUT2D eigenvalue weighted by atomic mass is 16.5. The lowest BCUT2D eigenvalue weighted by atomic mass is 9.82. The van der Waals surface area contributed by atoms with Gasteiger partial charge in [-0.2, -0.15) is 0 Å². The van der Waals surface area contributed by atoms with Crippen molar-refractivity contribution in [1.29, 1.82) is 0 Å². The molecule has 0 bridgehead atoms. The summed E-state index contributed by atoms with van der Waals surface area (Å²) in [5.41, 5.74) is 1.56. The monoisotopic (exact) mass is 249 g/mol. The van der Waals surface area contributed by atoms with Gasteiger partial charge in [0, 0.05) is 11.6 Å². The molecule has 0 aliphatic rings. The Morgan fingerprint density at radius 1 is 1.17 bits per heavy atom. The van der Waals surface area contributed by atoms with Crippen molar-refractivity contribution in [2.45, 2.75) is 40.7 Å². The molecular formula is C16H27NO. The zero-order valence-electron chi connectivity index (χ0n) is 12.6. The van der Waals surface area contributed by atoms with Gasteiger partial charge in [-0.1, -0.05) is 45.9 Å². The molecule has 2 atom stereocenters. The summed E-state index contributed by atoms with van der Waals surface area (Å²) in [6, 6.07) is 8.51. The van der Waals surface area contributed by atoms with Gasteiger partial charge in [0.1, 0.15) is 5.75 Å². The van der Waals surface area contributed by atoms with Gasteiger partial charge in [0.25, 0.3) is 0 Å². The van der Waals surface area contributed by atoms with Crippen molar-refractivity contribution >= 4 is 0 Å². The molecule has 1 aromatic rings. The minimum atomic E-state index is 0.311. The number of hydrogen-bond acceptors (Lipinski definition) is 2. The van der Waals surface area contributed by atoms with Gasteiger partial charge in [-0.15, -0.1) is 0 Å². The highest BCUT2D eigenvalue weighted by Crippen LogP contribution is 2.27. The van der Waals surface area contributed by atoms with Gasteiger partial charge in [-0.25, -0.2) is 0 Å². The van der Waals surface area contributed by atoms with Crippen LogP contribution in [-0.4, -0.2) is 13.7 Å². The van der Waals surface area contributed by atoms with Crippen molar-refractivity contribution in [1.82, 2.24) is 5.32 Å². The summed E-state index contributed by atoms with van der Waals surface area (Å²) < 4.78 is 5.40. The second kappa shape index (κ2) is 6.24. The quantitative estimate of drug-likeness (QED) is 0.850. The van der Waals surface area contributed by atoms with E-state index in [9.17, 15) is 0 Å². The van der Waals surface area contributed by atoms with Crippen LogP contribution in [0.4, 0.5) is 0 Å². The van der Waals surface area contributed by atoms with E-state index in [1.165, 1.54) is 5.56 Å². The molecule has 0 saturated heterocycles. The number of rotatable bonds is 5. The first-order valence-electron chi connectivity index (χ1n) is 6.72. The Labute approximate surface area is 112 Å². The van der Waals surface area contributed by atoms with Gasteiger partial charge in [-0.05, 0) is 30.9 Å². The maximum absolute atomic E-state index is 5.40. The average molecular weight is 249 g/mol. The van der Waals surface area contributed by atoms with Gasteiger partial charge in [-0.3, -0.25) is 0 Å². The minimum absolute atomic E-state index is 0.311. The third kappa shape index (κ3) is 4.02. The Balaban J connectivity index is 2.63. The highest BCUT2D eigenvalue weighted by Gasteiger charge is 2.20. The fraction of sp³-hybridized carbons (Fsp3) is 0.625. The van der Waals surface area contributed by atoms with Crippen LogP contribution in [0, 0.1) is 11.3 Å². The molecule has 0 aromatic heterocycles. The van der Waals surface area contributed by atoms with E-state index in [1.807, 2.05) is 12.1 Å². The number of ether oxygens (including phenoxy) is 1. The predicted octanol–water partition coefficient (Wildman–Crippen LogP) is 4.03. The van der Waals surface area contributed by atoms with Gasteiger partial charge < -0.3 is 10.1 Å². The molecule has 1 N–H and O–H groups in total. The van der Waals surface area contributed by atoms with Crippen LogP contribution < -0.4 is 10.1 Å². The Morgan fingerprint density at radius 3 is 2.33 bits per heavy atom. The Hall–Kier alpha value is -1.02. The number of para-hydroxylation sites is 1. The van der Waals surface area contributed by atoms with E-state index in [0.717, 1.165) is 12.3 Å². The molecule has 18 heavy (non-hydrogen) atoms. The van der Waals surface area contributed by atoms with Crippen molar-refractivity contribution in [3.63, 3.8) is 0 Å². The highest BCUT2D eigenvalue weighted by molar-refractivity contribution is 5.35. The fourth-order valence-electron chi connectivity index (χ4n) is 1.79. The van der Waals surface area contributed by atoms with Crippen LogP contribution in [0.2, 0.25) is 0 Å². The Bertz CT molecular complexity index is 368. The summed E-state index contributed by atoms with van der Waals surface area (Å²) in [4.78, 5) is 0. The zero-order valence-corrected chi connectivity index (χ0v) is 12.6. The van der Waals surface area contributed by atoms with Crippen molar-refractivity contribution in [2.24, 2.45) is 11.3 Å². The van der Waals surface area contributed by atoms with Crippen LogP contribution in [0.1, 0.15) is 46.2 Å². The predicted molar refractivity (Wildman–Crippen MR) is 78.0 cm³/mol. The summed E-state index contributed by atoms with van der Waals surface area (Å²) in [6.45, 7) is 12.4. The minimum Gasteiger partial charge on any atom is -0.496 e. The molecule has 2 unspecified atom stereocenters. The Morgan fingerprint density at radius 2 is 1.78 bits per heavy atom. The molecule has 0 saturated carbocycles. The molecule has 0 spiro atoms. The van der Waals surface area contributed by atoms with Crippen molar-refractivity contribution in [2.75, 3.05) is 13.7 Å². The SMILES string of the molecule is COc1ccccc1C(C)NCC(C)C(C)(C)C. The number of methoxy groups -OCH3 is 1. The van der Waals surface area contributed by atoms with Crippen molar-refractivity contribution in [3.8, 4) is 5.75 Å². The van der Waals surface area contributed by atoms with E-state index >= 15 is 0 Å².